The standard InChI is InChI=1S/C18H23P/c1-14-8-6-10-16(12-14)19(18(3,4)5)17-11-7-9-15(2)13-17/h6-13H,1-5H3. The maximum Gasteiger partial charge on any atom is -0.00991 e. The highest BCUT2D eigenvalue weighted by atomic mass is 31.1. The van der Waals surface area contributed by atoms with Crippen LogP contribution >= 0.6 is 7.92 Å². The number of hydrogen-bond donors (Lipinski definition) is 0. The number of hydrogen-bond acceptors (Lipinski definition) is 0. The second-order valence-electron chi connectivity index (χ2n) is 6.18. The normalized spacial score (nSPS) is 11.9. The van der Waals surface area contributed by atoms with Gasteiger partial charge >= 0.3 is 0 Å². The molecule has 0 N–H and O–H groups in total. The predicted molar refractivity (Wildman–Crippen MR) is 88.3 cm³/mol. The van der Waals surface area contributed by atoms with Gasteiger partial charge in [0.2, 0.25) is 0 Å². The van der Waals surface area contributed by atoms with E-state index in [4.69, 9.17) is 0 Å². The van der Waals surface area contributed by atoms with Gasteiger partial charge < -0.3 is 0 Å². The van der Waals surface area contributed by atoms with Gasteiger partial charge in [-0.15, -0.1) is 0 Å². The van der Waals surface area contributed by atoms with E-state index in [2.05, 4.69) is 83.1 Å². The molecule has 0 atom stereocenters. The summed E-state index contributed by atoms with van der Waals surface area (Å²) in [6, 6.07) is 18.0. The molecular weight excluding hydrogens is 247 g/mol. The Bertz CT molecular complexity index is 518. The lowest BCUT2D eigenvalue weighted by Gasteiger charge is -2.32. The van der Waals surface area contributed by atoms with Crippen LogP contribution in [0.5, 0.6) is 0 Å². The van der Waals surface area contributed by atoms with E-state index in [1.54, 1.807) is 0 Å². The minimum atomic E-state index is -0.324. The van der Waals surface area contributed by atoms with Crippen LogP contribution in [0.4, 0.5) is 0 Å². The molecule has 0 nitrogen and oxygen atoms in total. The van der Waals surface area contributed by atoms with Gasteiger partial charge in [-0.1, -0.05) is 80.4 Å². The first-order valence-electron chi connectivity index (χ1n) is 6.81. The molecule has 1 heteroatoms. The Hall–Kier alpha value is -1.13. The van der Waals surface area contributed by atoms with E-state index < -0.39 is 0 Å². The predicted octanol–water partition coefficient (Wildman–Crippen LogP) is 4.53. The molecule has 0 aliphatic heterocycles. The Kier molecular flexibility index (Phi) is 4.11. The van der Waals surface area contributed by atoms with Crippen LogP contribution in [0.3, 0.4) is 0 Å². The quantitative estimate of drug-likeness (QED) is 0.703. The van der Waals surface area contributed by atoms with Crippen LogP contribution in [0.2, 0.25) is 0 Å². The van der Waals surface area contributed by atoms with Gasteiger partial charge in [0.25, 0.3) is 0 Å². The lowest BCUT2D eigenvalue weighted by atomic mass is 10.2. The molecule has 0 saturated carbocycles. The maximum absolute atomic E-state index is 2.35. The fourth-order valence-corrected chi connectivity index (χ4v) is 5.44. The molecular formula is C18H23P. The van der Waals surface area contributed by atoms with E-state index in [0.29, 0.717) is 0 Å². The Morgan fingerprint density at radius 1 is 0.737 bits per heavy atom. The first kappa shape index (κ1) is 14.3. The first-order chi connectivity index (χ1) is 8.88. The molecule has 0 heterocycles. The molecule has 0 spiro atoms. The van der Waals surface area contributed by atoms with Crippen molar-refractivity contribution >= 4 is 18.5 Å². The van der Waals surface area contributed by atoms with Gasteiger partial charge in [0, 0.05) is 0 Å². The third-order valence-electron chi connectivity index (χ3n) is 3.19. The highest BCUT2D eigenvalue weighted by molar-refractivity contribution is 7.74. The van der Waals surface area contributed by atoms with Gasteiger partial charge in [-0.05, 0) is 37.5 Å². The van der Waals surface area contributed by atoms with Gasteiger partial charge in [-0.3, -0.25) is 0 Å². The summed E-state index contributed by atoms with van der Waals surface area (Å²) in [5.74, 6) is 0. The summed E-state index contributed by atoms with van der Waals surface area (Å²) >= 11 is 0. The van der Waals surface area contributed by atoms with E-state index in [0.717, 1.165) is 0 Å². The van der Waals surface area contributed by atoms with Gasteiger partial charge in [0.05, 0.1) is 0 Å². The molecule has 19 heavy (non-hydrogen) atoms. The maximum atomic E-state index is 2.35. The number of benzene rings is 2. The lowest BCUT2D eigenvalue weighted by Crippen LogP contribution is -2.26. The van der Waals surface area contributed by atoms with Crippen molar-refractivity contribution in [1.29, 1.82) is 0 Å². The van der Waals surface area contributed by atoms with E-state index in [1.165, 1.54) is 21.7 Å². The zero-order valence-corrected chi connectivity index (χ0v) is 13.5. The van der Waals surface area contributed by atoms with Crippen molar-refractivity contribution in [2.24, 2.45) is 0 Å². The molecule has 0 aliphatic carbocycles. The zero-order valence-electron chi connectivity index (χ0n) is 12.6. The van der Waals surface area contributed by atoms with E-state index in [1.807, 2.05) is 0 Å². The second kappa shape index (κ2) is 5.47. The van der Waals surface area contributed by atoms with E-state index in [-0.39, 0.29) is 13.1 Å². The summed E-state index contributed by atoms with van der Waals surface area (Å²) in [5.41, 5.74) is 2.70. The van der Waals surface area contributed by atoms with Crippen LogP contribution in [-0.2, 0) is 0 Å². The number of rotatable bonds is 2. The van der Waals surface area contributed by atoms with Crippen LogP contribution in [0.15, 0.2) is 48.5 Å². The molecule has 0 aliphatic rings. The van der Waals surface area contributed by atoms with Crippen LogP contribution in [0.25, 0.3) is 0 Å². The smallest absolute Gasteiger partial charge is 0.00991 e. The molecule has 0 radical (unpaired) electrons. The molecule has 0 saturated heterocycles. The summed E-state index contributed by atoms with van der Waals surface area (Å²) in [6.45, 7) is 11.4. The van der Waals surface area contributed by atoms with Crippen LogP contribution in [0.1, 0.15) is 31.9 Å². The molecule has 0 unspecified atom stereocenters. The molecule has 2 aromatic carbocycles. The average molecular weight is 270 g/mol. The first-order valence-corrected chi connectivity index (χ1v) is 8.16. The third-order valence-corrected chi connectivity index (χ3v) is 6.12. The van der Waals surface area contributed by atoms with Crippen molar-refractivity contribution in [3.8, 4) is 0 Å². The minimum absolute atomic E-state index is 0.275. The summed E-state index contributed by atoms with van der Waals surface area (Å²) in [6.07, 6.45) is 0. The topological polar surface area (TPSA) is 0 Å². The van der Waals surface area contributed by atoms with Crippen molar-refractivity contribution in [3.05, 3.63) is 59.7 Å². The van der Waals surface area contributed by atoms with Gasteiger partial charge in [-0.25, -0.2) is 0 Å². The fourth-order valence-electron chi connectivity index (χ4n) is 2.46. The SMILES string of the molecule is Cc1cccc(P(c2cccc(C)c2)C(C)(C)C)c1. The van der Waals surface area contributed by atoms with Gasteiger partial charge in [0.15, 0.2) is 0 Å². The molecule has 0 fully saturated rings. The van der Waals surface area contributed by atoms with Crippen molar-refractivity contribution < 1.29 is 0 Å². The molecule has 0 bridgehead atoms. The lowest BCUT2D eigenvalue weighted by molar-refractivity contribution is 0.793. The van der Waals surface area contributed by atoms with Crippen LogP contribution in [0, 0.1) is 13.8 Å². The Labute approximate surface area is 118 Å². The molecule has 2 rings (SSSR count). The summed E-state index contributed by atoms with van der Waals surface area (Å²) in [5, 5.41) is 3.23. The van der Waals surface area contributed by atoms with Crippen LogP contribution in [-0.4, -0.2) is 5.16 Å². The van der Waals surface area contributed by atoms with Crippen molar-refractivity contribution in [2.45, 2.75) is 39.8 Å². The average Bonchev–Trinajstić information content (AvgIpc) is 2.27. The van der Waals surface area contributed by atoms with E-state index in [9.17, 15) is 0 Å². The molecule has 0 aromatic heterocycles. The van der Waals surface area contributed by atoms with Crippen molar-refractivity contribution in [2.75, 3.05) is 0 Å². The Morgan fingerprint density at radius 3 is 1.47 bits per heavy atom. The Morgan fingerprint density at radius 2 is 1.16 bits per heavy atom. The highest BCUT2D eigenvalue weighted by Crippen LogP contribution is 2.47. The van der Waals surface area contributed by atoms with E-state index >= 15 is 0 Å². The van der Waals surface area contributed by atoms with Crippen molar-refractivity contribution in [3.63, 3.8) is 0 Å². The fraction of sp³-hybridized carbons (Fsp3) is 0.333. The molecule has 2 aromatic rings. The number of aryl methyl sites for hydroxylation is 2. The largest absolute Gasteiger partial charge is 0.0614 e. The third kappa shape index (κ3) is 3.45. The summed E-state index contributed by atoms with van der Waals surface area (Å²) < 4.78 is 0. The van der Waals surface area contributed by atoms with Gasteiger partial charge in [0.1, 0.15) is 0 Å². The molecule has 0 amide bonds. The molecule has 100 valence electrons. The summed E-state index contributed by atoms with van der Waals surface area (Å²) in [4.78, 5) is 0. The van der Waals surface area contributed by atoms with Crippen LogP contribution < -0.4 is 10.6 Å². The monoisotopic (exact) mass is 270 g/mol. The second-order valence-corrected chi connectivity index (χ2v) is 9.23. The highest BCUT2D eigenvalue weighted by Gasteiger charge is 2.27. The minimum Gasteiger partial charge on any atom is -0.0614 e. The zero-order chi connectivity index (χ0) is 14.0. The summed E-state index contributed by atoms with van der Waals surface area (Å²) in [7, 11) is -0.324. The Balaban J connectivity index is 2.54. The van der Waals surface area contributed by atoms with Crippen molar-refractivity contribution in [1.82, 2.24) is 0 Å². The van der Waals surface area contributed by atoms with Gasteiger partial charge in [-0.2, -0.15) is 0 Å².